The van der Waals surface area contributed by atoms with Gasteiger partial charge in [0, 0.05) is 31.8 Å². The van der Waals surface area contributed by atoms with Crippen molar-refractivity contribution in [2.24, 2.45) is 0 Å². The Morgan fingerprint density at radius 3 is 2.73 bits per heavy atom. The van der Waals surface area contributed by atoms with Crippen LogP contribution in [0.5, 0.6) is 5.75 Å². The maximum Gasteiger partial charge on any atom is 0.259 e. The first kappa shape index (κ1) is 18.5. The van der Waals surface area contributed by atoms with Crippen molar-refractivity contribution in [1.29, 1.82) is 0 Å². The summed E-state index contributed by atoms with van der Waals surface area (Å²) in [4.78, 5) is 14.8. The number of benzene rings is 1. The van der Waals surface area contributed by atoms with E-state index in [9.17, 15) is 4.79 Å². The number of rotatable bonds is 5. The minimum Gasteiger partial charge on any atom is -0.490 e. The second-order valence-electron chi connectivity index (χ2n) is 7.27. The fourth-order valence-corrected chi connectivity index (χ4v) is 3.41. The molecule has 1 aliphatic heterocycles. The van der Waals surface area contributed by atoms with E-state index in [-0.39, 0.29) is 17.9 Å². The maximum absolute atomic E-state index is 12.9. The first-order valence-corrected chi connectivity index (χ1v) is 9.50. The second-order valence-corrected chi connectivity index (χ2v) is 7.27. The Morgan fingerprint density at radius 2 is 2.08 bits per heavy atom. The highest BCUT2D eigenvalue weighted by Crippen LogP contribution is 2.26. The third kappa shape index (κ3) is 3.92. The van der Waals surface area contributed by atoms with Crippen LogP contribution >= 0.6 is 0 Å². The van der Waals surface area contributed by atoms with Crippen LogP contribution in [0.15, 0.2) is 28.8 Å². The van der Waals surface area contributed by atoms with Crippen LogP contribution in [0.25, 0.3) is 0 Å². The van der Waals surface area contributed by atoms with Crippen molar-refractivity contribution in [3.05, 3.63) is 46.8 Å². The molecule has 0 atom stereocenters. The molecule has 0 N–H and O–H groups in total. The molecule has 0 spiro atoms. The van der Waals surface area contributed by atoms with Gasteiger partial charge in [-0.2, -0.15) is 0 Å². The van der Waals surface area contributed by atoms with Crippen LogP contribution in [0.1, 0.15) is 66.9 Å². The quantitative estimate of drug-likeness (QED) is 0.799. The Hall–Kier alpha value is -2.30. The van der Waals surface area contributed by atoms with E-state index >= 15 is 0 Å². The first-order chi connectivity index (χ1) is 12.5. The smallest absolute Gasteiger partial charge is 0.259 e. The van der Waals surface area contributed by atoms with Gasteiger partial charge in [0.05, 0.1) is 5.69 Å². The fourth-order valence-electron chi connectivity index (χ4n) is 3.41. The molecule has 0 bridgehead atoms. The summed E-state index contributed by atoms with van der Waals surface area (Å²) in [6.07, 6.45) is 2.83. The summed E-state index contributed by atoms with van der Waals surface area (Å²) in [5, 5.41) is 3.99. The van der Waals surface area contributed by atoms with Crippen LogP contribution in [0.4, 0.5) is 0 Å². The number of aryl methyl sites for hydroxylation is 2. The highest BCUT2D eigenvalue weighted by Gasteiger charge is 2.30. The number of carbonyl (C=O) groups excluding carboxylic acids is 1. The number of ether oxygens (including phenoxy) is 1. The van der Waals surface area contributed by atoms with Crippen LogP contribution in [0, 0.1) is 6.92 Å². The lowest BCUT2D eigenvalue weighted by molar-refractivity contribution is 0.0592. The average molecular weight is 356 g/mol. The summed E-state index contributed by atoms with van der Waals surface area (Å²) in [6.45, 7) is 9.39. The van der Waals surface area contributed by atoms with Crippen LogP contribution in [0.3, 0.4) is 0 Å². The van der Waals surface area contributed by atoms with E-state index in [0.717, 1.165) is 25.0 Å². The molecular weight excluding hydrogens is 328 g/mol. The third-order valence-electron chi connectivity index (χ3n) is 4.97. The molecule has 5 nitrogen and oxygen atoms in total. The lowest BCUT2D eigenvalue weighted by Crippen LogP contribution is -2.42. The highest BCUT2D eigenvalue weighted by molar-refractivity contribution is 5.96. The molecule has 1 saturated heterocycles. The van der Waals surface area contributed by atoms with Crippen molar-refractivity contribution in [2.45, 2.75) is 59.0 Å². The molecule has 1 fully saturated rings. The number of likely N-dealkylation sites (tertiary alicyclic amines) is 1. The molecule has 2 aromatic rings. The van der Waals surface area contributed by atoms with Gasteiger partial charge in [0.1, 0.15) is 17.4 Å². The largest absolute Gasteiger partial charge is 0.490 e. The summed E-state index contributed by atoms with van der Waals surface area (Å²) in [6, 6.07) is 8.26. The molecule has 2 heterocycles. The lowest BCUT2D eigenvalue weighted by Gasteiger charge is -2.32. The van der Waals surface area contributed by atoms with Gasteiger partial charge in [-0.15, -0.1) is 0 Å². The molecule has 1 aliphatic rings. The average Bonchev–Trinajstić information content (AvgIpc) is 3.04. The number of carbonyl (C=O) groups is 1. The number of nitrogens with zero attached hydrogens (tertiary/aromatic N) is 2. The lowest BCUT2D eigenvalue weighted by atomic mass is 10.0. The molecule has 3 rings (SSSR count). The maximum atomic E-state index is 12.9. The third-order valence-corrected chi connectivity index (χ3v) is 4.97. The first-order valence-electron chi connectivity index (χ1n) is 9.50. The van der Waals surface area contributed by atoms with E-state index in [4.69, 9.17) is 9.26 Å². The number of amides is 1. The molecule has 0 unspecified atom stereocenters. The summed E-state index contributed by atoms with van der Waals surface area (Å²) in [5.74, 6) is 1.77. The zero-order valence-corrected chi connectivity index (χ0v) is 16.1. The van der Waals surface area contributed by atoms with Crippen LogP contribution in [0.2, 0.25) is 0 Å². The Bertz CT molecular complexity index is 758. The number of piperidine rings is 1. The van der Waals surface area contributed by atoms with E-state index in [1.54, 1.807) is 0 Å². The Morgan fingerprint density at radius 1 is 1.35 bits per heavy atom. The standard InChI is InChI=1S/C21H28N2O3/c1-5-16-7-6-8-18(13-16)25-17-9-11-23(12-10-17)21(24)19-15(4)22-26-20(19)14(2)3/h6-8,13-14,17H,5,9-12H2,1-4H3. The van der Waals surface area contributed by atoms with E-state index in [2.05, 4.69) is 24.2 Å². The van der Waals surface area contributed by atoms with Gasteiger partial charge in [-0.25, -0.2) is 0 Å². The SMILES string of the molecule is CCc1cccc(OC2CCN(C(=O)c3c(C)noc3C(C)C)CC2)c1. The van der Waals surface area contributed by atoms with Crippen molar-refractivity contribution in [1.82, 2.24) is 10.1 Å². The molecule has 0 saturated carbocycles. The Balaban J connectivity index is 1.61. The van der Waals surface area contributed by atoms with E-state index in [1.165, 1.54) is 5.56 Å². The van der Waals surface area contributed by atoms with Crippen molar-refractivity contribution in [2.75, 3.05) is 13.1 Å². The van der Waals surface area contributed by atoms with Gasteiger partial charge in [-0.3, -0.25) is 4.79 Å². The minimum absolute atomic E-state index is 0.0267. The predicted molar refractivity (Wildman–Crippen MR) is 101 cm³/mol. The molecule has 1 aromatic carbocycles. The van der Waals surface area contributed by atoms with Crippen LogP contribution in [-0.4, -0.2) is 35.2 Å². The van der Waals surface area contributed by atoms with Gasteiger partial charge in [0.25, 0.3) is 5.91 Å². The van der Waals surface area contributed by atoms with Crippen molar-refractivity contribution in [3.8, 4) is 5.75 Å². The summed E-state index contributed by atoms with van der Waals surface area (Å²) in [5.41, 5.74) is 2.59. The van der Waals surface area contributed by atoms with Gasteiger partial charge in [-0.1, -0.05) is 38.1 Å². The molecule has 1 amide bonds. The van der Waals surface area contributed by atoms with Crippen molar-refractivity contribution < 1.29 is 14.1 Å². The van der Waals surface area contributed by atoms with Crippen molar-refractivity contribution >= 4 is 5.91 Å². The molecule has 26 heavy (non-hydrogen) atoms. The zero-order chi connectivity index (χ0) is 18.7. The van der Waals surface area contributed by atoms with Gasteiger partial charge in [0.15, 0.2) is 5.76 Å². The van der Waals surface area contributed by atoms with Crippen molar-refractivity contribution in [3.63, 3.8) is 0 Å². The molecule has 1 aromatic heterocycles. The van der Waals surface area contributed by atoms with E-state index in [1.807, 2.05) is 37.8 Å². The van der Waals surface area contributed by atoms with Gasteiger partial charge >= 0.3 is 0 Å². The Kier molecular flexibility index (Phi) is 5.64. The van der Waals surface area contributed by atoms with Gasteiger partial charge in [0.2, 0.25) is 0 Å². The molecule has 0 radical (unpaired) electrons. The van der Waals surface area contributed by atoms with Crippen LogP contribution in [-0.2, 0) is 6.42 Å². The fraction of sp³-hybridized carbons (Fsp3) is 0.524. The van der Waals surface area contributed by atoms with Crippen LogP contribution < -0.4 is 4.74 Å². The zero-order valence-electron chi connectivity index (χ0n) is 16.1. The molecule has 140 valence electrons. The van der Waals surface area contributed by atoms with Gasteiger partial charge < -0.3 is 14.2 Å². The molecular formula is C21H28N2O3. The van der Waals surface area contributed by atoms with Gasteiger partial charge in [-0.05, 0) is 31.0 Å². The number of hydrogen-bond donors (Lipinski definition) is 0. The Labute approximate surface area is 155 Å². The van der Waals surface area contributed by atoms with E-state index in [0.29, 0.717) is 30.1 Å². The topological polar surface area (TPSA) is 55.6 Å². The minimum atomic E-state index is 0.0267. The van der Waals surface area contributed by atoms with E-state index < -0.39 is 0 Å². The summed E-state index contributed by atoms with van der Waals surface area (Å²) < 4.78 is 11.5. The summed E-state index contributed by atoms with van der Waals surface area (Å²) >= 11 is 0. The second kappa shape index (κ2) is 7.94. The predicted octanol–water partition coefficient (Wildman–Crippen LogP) is 4.35. The molecule has 5 heteroatoms. The normalized spacial score (nSPS) is 15.5. The molecule has 0 aliphatic carbocycles. The number of hydrogen-bond acceptors (Lipinski definition) is 4. The number of aromatic nitrogens is 1. The highest BCUT2D eigenvalue weighted by atomic mass is 16.5. The summed E-state index contributed by atoms with van der Waals surface area (Å²) in [7, 11) is 0. The monoisotopic (exact) mass is 356 g/mol.